The Morgan fingerprint density at radius 1 is 1.40 bits per heavy atom. The van der Waals surface area contributed by atoms with Crippen molar-refractivity contribution < 1.29 is 4.85 Å². The molecule has 5 nitrogen and oxygen atoms in total. The number of imidazole rings is 1. The molecule has 0 fully saturated rings. The number of rotatable bonds is 0. The highest BCUT2D eigenvalue weighted by Gasteiger charge is 2.02. The Bertz CT molecular complexity index is 355. The number of hydrogen-bond donors (Lipinski definition) is 0. The maximum absolute atomic E-state index is 10.8. The molecule has 0 amide bonds. The van der Waals surface area contributed by atoms with E-state index in [-0.39, 0.29) is 0 Å². The van der Waals surface area contributed by atoms with Gasteiger partial charge in [-0.2, -0.15) is 0 Å². The highest BCUT2D eigenvalue weighted by molar-refractivity contribution is 5.17. The van der Waals surface area contributed by atoms with Crippen molar-refractivity contribution in [3.63, 3.8) is 0 Å². The molecule has 2 aromatic rings. The van der Waals surface area contributed by atoms with E-state index in [9.17, 15) is 5.21 Å². The van der Waals surface area contributed by atoms with Crippen LogP contribution < -0.4 is 4.85 Å². The molecule has 5 heteroatoms. The van der Waals surface area contributed by atoms with E-state index in [0.29, 0.717) is 10.6 Å². The third-order valence-corrected chi connectivity index (χ3v) is 1.22. The van der Waals surface area contributed by atoms with Crippen LogP contribution >= 0.6 is 0 Å². The molecule has 0 saturated heterocycles. The van der Waals surface area contributed by atoms with Crippen LogP contribution in [0.3, 0.4) is 0 Å². The second-order valence-electron chi connectivity index (χ2n) is 1.82. The van der Waals surface area contributed by atoms with E-state index < -0.39 is 0 Å². The Morgan fingerprint density at radius 3 is 3.00 bits per heavy atom. The molecule has 0 aliphatic heterocycles. The summed E-state index contributed by atoms with van der Waals surface area (Å²) >= 11 is 0. The van der Waals surface area contributed by atoms with Gasteiger partial charge in [0.15, 0.2) is 0 Å². The molecule has 0 atom stereocenters. The van der Waals surface area contributed by atoms with Crippen molar-refractivity contribution in [3.8, 4) is 0 Å². The Morgan fingerprint density at radius 2 is 2.20 bits per heavy atom. The fraction of sp³-hybridized carbons (Fsp3) is 0. The van der Waals surface area contributed by atoms with Gasteiger partial charge in [0.05, 0.1) is 12.4 Å². The summed E-state index contributed by atoms with van der Waals surface area (Å²) in [5.41, 5.74) is 0. The van der Waals surface area contributed by atoms with Crippen molar-refractivity contribution in [2.45, 2.75) is 0 Å². The third-order valence-electron chi connectivity index (χ3n) is 1.22. The lowest BCUT2D eigenvalue weighted by Crippen LogP contribution is -2.33. The van der Waals surface area contributed by atoms with Crippen molar-refractivity contribution >= 4 is 5.78 Å². The minimum atomic E-state index is 0.294. The summed E-state index contributed by atoms with van der Waals surface area (Å²) in [7, 11) is 0. The van der Waals surface area contributed by atoms with Crippen LogP contribution in [0.5, 0.6) is 0 Å². The van der Waals surface area contributed by atoms with Crippen LogP contribution in [-0.4, -0.2) is 14.5 Å². The third kappa shape index (κ3) is 0.540. The lowest BCUT2D eigenvalue weighted by atomic mass is 10.8. The highest BCUT2D eigenvalue weighted by atomic mass is 16.5. The molecule has 0 aliphatic rings. The van der Waals surface area contributed by atoms with Gasteiger partial charge in [0.1, 0.15) is 12.4 Å². The molecule has 0 spiro atoms. The van der Waals surface area contributed by atoms with Gasteiger partial charge in [0.2, 0.25) is 0 Å². The number of aromatic nitrogens is 4. The second-order valence-corrected chi connectivity index (χ2v) is 1.82. The fourth-order valence-corrected chi connectivity index (χ4v) is 0.784. The number of nitrogens with zero attached hydrogens (tertiary/aromatic N) is 4. The van der Waals surface area contributed by atoms with Gasteiger partial charge in [-0.3, -0.25) is 0 Å². The lowest BCUT2D eigenvalue weighted by molar-refractivity contribution is -0.648. The smallest absolute Gasteiger partial charge is 0.423 e. The number of fused-ring (bicyclic) bond motifs is 1. The van der Waals surface area contributed by atoms with Crippen LogP contribution in [0.4, 0.5) is 0 Å². The topological polar surface area (TPSA) is 57.1 Å². The zero-order valence-electron chi connectivity index (χ0n) is 5.01. The van der Waals surface area contributed by atoms with Gasteiger partial charge in [-0.1, -0.05) is 4.98 Å². The maximum Gasteiger partial charge on any atom is 0.423 e. The van der Waals surface area contributed by atoms with E-state index >= 15 is 0 Å². The van der Waals surface area contributed by atoms with Crippen LogP contribution in [-0.2, 0) is 0 Å². The Labute approximate surface area is 56.1 Å². The standard InChI is InChI=1S/C5H4N4O/c10-9-5-6-1-3-8(5)4-2-7-9/h1-4H. The second kappa shape index (κ2) is 1.66. The van der Waals surface area contributed by atoms with Gasteiger partial charge >= 0.3 is 5.78 Å². The van der Waals surface area contributed by atoms with E-state index in [4.69, 9.17) is 0 Å². The molecular formula is C5H4N4O. The van der Waals surface area contributed by atoms with Gasteiger partial charge < -0.3 is 5.21 Å². The summed E-state index contributed by atoms with van der Waals surface area (Å²) in [5, 5.41) is 14.2. The van der Waals surface area contributed by atoms with Gasteiger partial charge in [-0.25, -0.2) is 4.40 Å². The van der Waals surface area contributed by atoms with Crippen LogP contribution in [0.25, 0.3) is 5.78 Å². The zero-order valence-corrected chi connectivity index (χ0v) is 5.01. The van der Waals surface area contributed by atoms with Crippen molar-refractivity contribution in [1.82, 2.24) is 14.5 Å². The highest BCUT2D eigenvalue weighted by Crippen LogP contribution is 1.88. The zero-order chi connectivity index (χ0) is 6.97. The van der Waals surface area contributed by atoms with E-state index in [1.165, 1.54) is 6.20 Å². The van der Waals surface area contributed by atoms with Crippen LogP contribution in [0.15, 0.2) is 24.8 Å². The molecule has 0 N–H and O–H groups in total. The maximum atomic E-state index is 10.8. The summed E-state index contributed by atoms with van der Waals surface area (Å²) in [6.45, 7) is 0. The molecule has 0 radical (unpaired) electrons. The normalized spacial score (nSPS) is 10.4. The van der Waals surface area contributed by atoms with Gasteiger partial charge in [0, 0.05) is 0 Å². The van der Waals surface area contributed by atoms with E-state index in [1.807, 2.05) is 0 Å². The summed E-state index contributed by atoms with van der Waals surface area (Å²) in [6.07, 6.45) is 6.31. The fourth-order valence-electron chi connectivity index (χ4n) is 0.784. The predicted octanol–water partition coefficient (Wildman–Crippen LogP) is -0.637. The summed E-state index contributed by atoms with van der Waals surface area (Å²) in [5.74, 6) is 0.294. The summed E-state index contributed by atoms with van der Waals surface area (Å²) in [6, 6.07) is 0. The van der Waals surface area contributed by atoms with Crippen LogP contribution in [0.1, 0.15) is 0 Å². The molecule has 0 aromatic carbocycles. The summed E-state index contributed by atoms with van der Waals surface area (Å²) < 4.78 is 1.60. The molecule has 50 valence electrons. The predicted molar refractivity (Wildman–Crippen MR) is 31.9 cm³/mol. The van der Waals surface area contributed by atoms with Crippen LogP contribution in [0, 0.1) is 5.21 Å². The average Bonchev–Trinajstić information content (AvgIpc) is 2.36. The minimum absolute atomic E-state index is 0.294. The summed E-state index contributed by atoms with van der Waals surface area (Å²) in [4.78, 5) is 4.24. The molecule has 2 heterocycles. The molecular weight excluding hydrogens is 132 g/mol. The van der Waals surface area contributed by atoms with Crippen molar-refractivity contribution in [2.75, 3.05) is 0 Å². The minimum Gasteiger partial charge on any atom is -0.722 e. The first-order chi connectivity index (χ1) is 4.88. The monoisotopic (exact) mass is 136 g/mol. The molecule has 0 saturated carbocycles. The lowest BCUT2D eigenvalue weighted by Gasteiger charge is -1.97. The first-order valence-corrected chi connectivity index (χ1v) is 2.75. The first kappa shape index (κ1) is 5.16. The Balaban J connectivity index is 2.95. The Hall–Kier alpha value is -1.65. The molecule has 0 unspecified atom stereocenters. The number of hydrogen-bond acceptors (Lipinski definition) is 3. The van der Waals surface area contributed by atoms with E-state index in [1.54, 1.807) is 23.0 Å². The largest absolute Gasteiger partial charge is 0.722 e. The van der Waals surface area contributed by atoms with Gasteiger partial charge in [-0.05, 0) is 0 Å². The van der Waals surface area contributed by atoms with Crippen molar-refractivity contribution in [1.29, 1.82) is 0 Å². The quantitative estimate of drug-likeness (QED) is 0.357. The molecule has 2 aromatic heterocycles. The van der Waals surface area contributed by atoms with E-state index in [2.05, 4.69) is 10.1 Å². The Kier molecular flexibility index (Phi) is 0.858. The first-order valence-electron chi connectivity index (χ1n) is 2.75. The van der Waals surface area contributed by atoms with E-state index in [0.717, 1.165) is 0 Å². The molecule has 10 heavy (non-hydrogen) atoms. The SMILES string of the molecule is [O-][n+]1nccn2ccnc21. The average molecular weight is 136 g/mol. The molecule has 0 bridgehead atoms. The molecule has 0 aliphatic carbocycles. The molecule has 2 rings (SSSR count). The van der Waals surface area contributed by atoms with Crippen molar-refractivity contribution in [2.24, 2.45) is 0 Å². The van der Waals surface area contributed by atoms with Gasteiger partial charge in [0.25, 0.3) is 0 Å². The van der Waals surface area contributed by atoms with Gasteiger partial charge in [-0.15, -0.1) is 9.94 Å². The van der Waals surface area contributed by atoms with Crippen molar-refractivity contribution in [3.05, 3.63) is 30.0 Å². The van der Waals surface area contributed by atoms with Crippen LogP contribution in [0.2, 0.25) is 0 Å².